The van der Waals surface area contributed by atoms with Crippen molar-refractivity contribution in [2.24, 2.45) is 0 Å². The minimum absolute atomic E-state index is 0.814. The molecule has 0 radical (unpaired) electrons. The van der Waals surface area contributed by atoms with Crippen LogP contribution in [-0.2, 0) is 0 Å². The molecule has 0 heterocycles. The van der Waals surface area contributed by atoms with Crippen LogP contribution < -0.4 is 5.32 Å². The third kappa shape index (κ3) is 6.87. The molecule has 1 aliphatic rings. The lowest BCUT2D eigenvalue weighted by Crippen LogP contribution is -2.26. The Hall–Kier alpha value is -0.520. The first-order chi connectivity index (χ1) is 7.86. The number of hydrogen-bond donors (Lipinski definition) is 1. The van der Waals surface area contributed by atoms with Crippen molar-refractivity contribution in [3.63, 3.8) is 0 Å². The number of terminal acetylenes is 1. The molecule has 2 heteroatoms. The summed E-state index contributed by atoms with van der Waals surface area (Å²) >= 11 is 0. The molecule has 0 aromatic heterocycles. The van der Waals surface area contributed by atoms with Gasteiger partial charge in [0.25, 0.3) is 0 Å². The second-order valence-corrected chi connectivity index (χ2v) is 4.77. The molecule has 1 rings (SSSR count). The van der Waals surface area contributed by atoms with E-state index in [2.05, 4.69) is 23.1 Å². The molecule has 92 valence electrons. The third-order valence-electron chi connectivity index (χ3n) is 3.02. The number of unbranched alkanes of at least 4 members (excludes halogenated alkanes) is 2. The lowest BCUT2D eigenvalue weighted by atomic mass is 10.2. The van der Waals surface area contributed by atoms with Crippen LogP contribution in [0.15, 0.2) is 0 Å². The van der Waals surface area contributed by atoms with Crippen molar-refractivity contribution in [3.05, 3.63) is 0 Å². The van der Waals surface area contributed by atoms with E-state index in [1.807, 2.05) is 0 Å². The van der Waals surface area contributed by atoms with Gasteiger partial charge in [0.1, 0.15) is 0 Å². The summed E-state index contributed by atoms with van der Waals surface area (Å²) in [5.41, 5.74) is 0. The Bertz CT molecular complexity index is 203. The SMILES string of the molecule is C#CCN(CCC)CCCCCNC1CC1. The molecular weight excluding hydrogens is 196 g/mol. The molecule has 1 N–H and O–H groups in total. The maximum absolute atomic E-state index is 5.35. The predicted molar refractivity (Wildman–Crippen MR) is 70.4 cm³/mol. The zero-order chi connectivity index (χ0) is 11.6. The van der Waals surface area contributed by atoms with Crippen molar-refractivity contribution < 1.29 is 0 Å². The molecule has 16 heavy (non-hydrogen) atoms. The minimum Gasteiger partial charge on any atom is -0.314 e. The van der Waals surface area contributed by atoms with Gasteiger partial charge in [-0.25, -0.2) is 0 Å². The number of nitrogens with zero attached hydrogens (tertiary/aromatic N) is 1. The molecule has 0 aromatic rings. The summed E-state index contributed by atoms with van der Waals surface area (Å²) < 4.78 is 0. The average Bonchev–Trinajstić information content (AvgIpc) is 3.07. The highest BCUT2D eigenvalue weighted by Crippen LogP contribution is 2.18. The highest BCUT2D eigenvalue weighted by atomic mass is 15.1. The van der Waals surface area contributed by atoms with Crippen LogP contribution in [0.4, 0.5) is 0 Å². The number of hydrogen-bond acceptors (Lipinski definition) is 2. The fourth-order valence-electron chi connectivity index (χ4n) is 1.95. The average molecular weight is 222 g/mol. The minimum atomic E-state index is 0.814. The van der Waals surface area contributed by atoms with Crippen LogP contribution in [0.5, 0.6) is 0 Å². The first-order valence-corrected chi connectivity index (χ1v) is 6.76. The van der Waals surface area contributed by atoms with E-state index in [-0.39, 0.29) is 0 Å². The van der Waals surface area contributed by atoms with E-state index in [1.54, 1.807) is 0 Å². The topological polar surface area (TPSA) is 15.3 Å². The van der Waals surface area contributed by atoms with Gasteiger partial charge in [-0.15, -0.1) is 6.42 Å². The van der Waals surface area contributed by atoms with E-state index in [9.17, 15) is 0 Å². The van der Waals surface area contributed by atoms with Crippen LogP contribution in [0.1, 0.15) is 45.4 Å². The molecule has 0 amide bonds. The lowest BCUT2D eigenvalue weighted by Gasteiger charge is -2.18. The van der Waals surface area contributed by atoms with E-state index in [0.717, 1.165) is 19.1 Å². The summed E-state index contributed by atoms with van der Waals surface area (Å²) in [5.74, 6) is 2.74. The van der Waals surface area contributed by atoms with Gasteiger partial charge in [-0.1, -0.05) is 19.3 Å². The molecule has 1 fully saturated rings. The van der Waals surface area contributed by atoms with Gasteiger partial charge in [0.05, 0.1) is 6.54 Å². The quantitative estimate of drug-likeness (QED) is 0.450. The van der Waals surface area contributed by atoms with Crippen LogP contribution in [0.25, 0.3) is 0 Å². The molecule has 0 atom stereocenters. The summed E-state index contributed by atoms with van der Waals surface area (Å²) in [5, 5.41) is 3.55. The summed E-state index contributed by atoms with van der Waals surface area (Å²) in [6, 6.07) is 0.859. The Morgan fingerprint density at radius 2 is 2.06 bits per heavy atom. The van der Waals surface area contributed by atoms with Gasteiger partial charge in [0, 0.05) is 6.04 Å². The monoisotopic (exact) mass is 222 g/mol. The van der Waals surface area contributed by atoms with Gasteiger partial charge in [-0.2, -0.15) is 0 Å². The zero-order valence-electron chi connectivity index (χ0n) is 10.7. The molecule has 2 nitrogen and oxygen atoms in total. The Morgan fingerprint density at radius 3 is 2.69 bits per heavy atom. The highest BCUT2D eigenvalue weighted by Gasteiger charge is 2.19. The van der Waals surface area contributed by atoms with E-state index in [0.29, 0.717) is 0 Å². The molecule has 1 saturated carbocycles. The van der Waals surface area contributed by atoms with Gasteiger partial charge >= 0.3 is 0 Å². The van der Waals surface area contributed by atoms with Crippen molar-refractivity contribution in [3.8, 4) is 12.3 Å². The molecule has 0 aliphatic heterocycles. The Balaban J connectivity index is 1.88. The smallest absolute Gasteiger partial charge is 0.0598 e. The van der Waals surface area contributed by atoms with Crippen molar-refractivity contribution in [1.82, 2.24) is 10.2 Å². The number of rotatable bonds is 10. The molecule has 0 bridgehead atoms. The lowest BCUT2D eigenvalue weighted by molar-refractivity contribution is 0.299. The summed E-state index contributed by atoms with van der Waals surface area (Å²) in [4.78, 5) is 2.38. The van der Waals surface area contributed by atoms with Crippen molar-refractivity contribution in [2.45, 2.75) is 51.5 Å². The fourth-order valence-corrected chi connectivity index (χ4v) is 1.95. The van der Waals surface area contributed by atoms with Crippen molar-refractivity contribution in [2.75, 3.05) is 26.2 Å². The van der Waals surface area contributed by atoms with E-state index < -0.39 is 0 Å². The highest BCUT2D eigenvalue weighted by molar-refractivity contribution is 4.88. The van der Waals surface area contributed by atoms with Crippen LogP contribution in [0.2, 0.25) is 0 Å². The van der Waals surface area contributed by atoms with E-state index in [1.165, 1.54) is 51.6 Å². The van der Waals surface area contributed by atoms with Gasteiger partial charge in [-0.05, 0) is 51.7 Å². The third-order valence-corrected chi connectivity index (χ3v) is 3.02. The molecular formula is C14H26N2. The van der Waals surface area contributed by atoms with Crippen LogP contribution in [-0.4, -0.2) is 37.1 Å². The summed E-state index contributed by atoms with van der Waals surface area (Å²) in [6.45, 7) is 6.54. The molecule has 0 aromatic carbocycles. The largest absolute Gasteiger partial charge is 0.314 e. The van der Waals surface area contributed by atoms with Gasteiger partial charge in [0.2, 0.25) is 0 Å². The van der Waals surface area contributed by atoms with E-state index in [4.69, 9.17) is 6.42 Å². The maximum atomic E-state index is 5.35. The molecule has 0 unspecified atom stereocenters. The fraction of sp³-hybridized carbons (Fsp3) is 0.857. The maximum Gasteiger partial charge on any atom is 0.0598 e. The van der Waals surface area contributed by atoms with Crippen LogP contribution >= 0.6 is 0 Å². The Kier molecular flexibility index (Phi) is 7.29. The normalized spacial score (nSPS) is 15.3. The second kappa shape index (κ2) is 8.61. The Morgan fingerprint density at radius 1 is 1.25 bits per heavy atom. The summed E-state index contributed by atoms with van der Waals surface area (Å²) in [7, 11) is 0. The van der Waals surface area contributed by atoms with Crippen molar-refractivity contribution >= 4 is 0 Å². The van der Waals surface area contributed by atoms with Crippen molar-refractivity contribution in [1.29, 1.82) is 0 Å². The van der Waals surface area contributed by atoms with Gasteiger partial charge in [-0.3, -0.25) is 4.90 Å². The predicted octanol–water partition coefficient (Wildman–Crippen LogP) is 2.25. The second-order valence-electron chi connectivity index (χ2n) is 4.77. The van der Waals surface area contributed by atoms with Gasteiger partial charge < -0.3 is 5.32 Å². The summed E-state index contributed by atoms with van der Waals surface area (Å²) in [6.07, 6.45) is 13.3. The van der Waals surface area contributed by atoms with Crippen LogP contribution in [0.3, 0.4) is 0 Å². The van der Waals surface area contributed by atoms with Crippen LogP contribution in [0, 0.1) is 12.3 Å². The zero-order valence-corrected chi connectivity index (χ0v) is 10.7. The molecule has 1 aliphatic carbocycles. The molecule has 0 saturated heterocycles. The molecule has 0 spiro atoms. The van der Waals surface area contributed by atoms with Gasteiger partial charge in [0.15, 0.2) is 0 Å². The first kappa shape index (κ1) is 13.5. The number of nitrogens with one attached hydrogen (secondary N) is 1. The van der Waals surface area contributed by atoms with E-state index >= 15 is 0 Å². The standard InChI is InChI=1S/C14H26N2/c1-3-11-16(12-4-2)13-7-5-6-10-15-14-8-9-14/h1,14-15H,4-13H2,2H3. The first-order valence-electron chi connectivity index (χ1n) is 6.76. The Labute approximate surface area is 101 Å².